The van der Waals surface area contributed by atoms with E-state index >= 15 is 0 Å². The number of aryl methyl sites for hydroxylation is 1. The summed E-state index contributed by atoms with van der Waals surface area (Å²) >= 11 is 0. The first-order valence-corrected chi connectivity index (χ1v) is 5.09. The maximum atomic E-state index is 9.22. The van der Waals surface area contributed by atoms with E-state index in [0.717, 1.165) is 12.0 Å². The minimum atomic E-state index is 0.303. The predicted molar refractivity (Wildman–Crippen MR) is 61.8 cm³/mol. The van der Waals surface area contributed by atoms with Crippen molar-refractivity contribution >= 4 is 0 Å². The van der Waals surface area contributed by atoms with Crippen LogP contribution in [0.15, 0.2) is 42.5 Å². The molecule has 2 aromatic carbocycles. The van der Waals surface area contributed by atoms with Crippen molar-refractivity contribution in [3.05, 3.63) is 54.1 Å². The Kier molecular flexibility index (Phi) is 2.72. The van der Waals surface area contributed by atoms with E-state index in [1.165, 1.54) is 11.1 Å². The van der Waals surface area contributed by atoms with Gasteiger partial charge in [0.25, 0.3) is 0 Å². The molecule has 0 amide bonds. The molecule has 0 atom stereocenters. The van der Waals surface area contributed by atoms with E-state index in [2.05, 4.69) is 19.1 Å². The molecule has 1 radical (unpaired) electrons. The number of aromatic hydroxyl groups is 1. The van der Waals surface area contributed by atoms with Crippen molar-refractivity contribution in [2.45, 2.75) is 13.3 Å². The fourth-order valence-electron chi connectivity index (χ4n) is 1.68. The molecule has 0 unspecified atom stereocenters. The first-order chi connectivity index (χ1) is 7.31. The highest BCUT2D eigenvalue weighted by Gasteiger charge is 2.02. The molecule has 2 rings (SSSR count). The first kappa shape index (κ1) is 9.78. The smallest absolute Gasteiger partial charge is 0.115 e. The van der Waals surface area contributed by atoms with Crippen molar-refractivity contribution < 1.29 is 5.11 Å². The summed E-state index contributed by atoms with van der Waals surface area (Å²) in [5, 5.41) is 9.22. The van der Waals surface area contributed by atoms with Crippen molar-refractivity contribution in [2.24, 2.45) is 0 Å². The van der Waals surface area contributed by atoms with Gasteiger partial charge in [0.1, 0.15) is 5.75 Å². The summed E-state index contributed by atoms with van der Waals surface area (Å²) in [5.41, 5.74) is 3.63. The van der Waals surface area contributed by atoms with Crippen LogP contribution in [0.4, 0.5) is 0 Å². The summed E-state index contributed by atoms with van der Waals surface area (Å²) in [7, 11) is 0. The van der Waals surface area contributed by atoms with Crippen molar-refractivity contribution in [1.82, 2.24) is 0 Å². The summed E-state index contributed by atoms with van der Waals surface area (Å²) in [4.78, 5) is 0. The van der Waals surface area contributed by atoms with Gasteiger partial charge in [-0.15, -0.1) is 0 Å². The molecule has 0 aliphatic heterocycles. The Morgan fingerprint density at radius 2 is 1.87 bits per heavy atom. The molecule has 75 valence electrons. The molecule has 0 spiro atoms. The molecule has 1 heteroatoms. The molecule has 0 fully saturated rings. The largest absolute Gasteiger partial charge is 0.508 e. The lowest BCUT2D eigenvalue weighted by molar-refractivity contribution is 0.475. The Morgan fingerprint density at radius 1 is 1.13 bits per heavy atom. The zero-order valence-corrected chi connectivity index (χ0v) is 8.70. The molecular weight excluding hydrogens is 184 g/mol. The summed E-state index contributed by atoms with van der Waals surface area (Å²) < 4.78 is 0. The van der Waals surface area contributed by atoms with Crippen LogP contribution in [-0.2, 0) is 6.42 Å². The summed E-state index contributed by atoms with van der Waals surface area (Å²) in [6.45, 7) is 2.14. The lowest BCUT2D eigenvalue weighted by Gasteiger charge is -2.07. The Labute approximate surface area is 90.0 Å². The fourth-order valence-corrected chi connectivity index (χ4v) is 1.68. The summed E-state index contributed by atoms with van der Waals surface area (Å²) in [6.07, 6.45) is 1.00. The number of hydrogen-bond acceptors (Lipinski definition) is 1. The Hall–Kier alpha value is -1.76. The standard InChI is InChI=1S/C14H13O/c1-2-11-5-3-4-6-14(11)12-7-9-13(15)10-8-12/h3,5-10,15H,2H2,1H3. The average Bonchev–Trinajstić information content (AvgIpc) is 2.30. The van der Waals surface area contributed by atoms with Crippen molar-refractivity contribution in [3.63, 3.8) is 0 Å². The van der Waals surface area contributed by atoms with Crippen LogP contribution < -0.4 is 0 Å². The molecule has 0 bridgehead atoms. The molecule has 15 heavy (non-hydrogen) atoms. The van der Waals surface area contributed by atoms with Crippen LogP contribution in [0.5, 0.6) is 5.75 Å². The molecule has 1 N–H and O–H groups in total. The van der Waals surface area contributed by atoms with E-state index in [-0.39, 0.29) is 0 Å². The number of phenols is 1. The summed E-state index contributed by atoms with van der Waals surface area (Å²) in [6, 6.07) is 16.4. The van der Waals surface area contributed by atoms with Crippen molar-refractivity contribution in [2.75, 3.05) is 0 Å². The molecule has 1 nitrogen and oxygen atoms in total. The lowest BCUT2D eigenvalue weighted by atomic mass is 9.98. The molecule has 0 heterocycles. The van der Waals surface area contributed by atoms with Gasteiger partial charge in [0.05, 0.1) is 0 Å². The van der Waals surface area contributed by atoms with Crippen LogP contribution in [0, 0.1) is 6.07 Å². The van der Waals surface area contributed by atoms with Crippen LogP contribution in [0.25, 0.3) is 11.1 Å². The second-order valence-electron chi connectivity index (χ2n) is 3.48. The third-order valence-electron chi connectivity index (χ3n) is 2.51. The highest BCUT2D eigenvalue weighted by atomic mass is 16.3. The SMILES string of the molecule is CCc1cc[c]cc1-c1ccc(O)cc1. The Balaban J connectivity index is 2.49. The molecule has 0 aliphatic rings. The van der Waals surface area contributed by atoms with Gasteiger partial charge in [0, 0.05) is 0 Å². The second kappa shape index (κ2) is 4.18. The van der Waals surface area contributed by atoms with Gasteiger partial charge >= 0.3 is 0 Å². The van der Waals surface area contributed by atoms with Gasteiger partial charge in [0.15, 0.2) is 0 Å². The lowest BCUT2D eigenvalue weighted by Crippen LogP contribution is -1.86. The van der Waals surface area contributed by atoms with E-state index in [1.54, 1.807) is 12.1 Å². The molecule has 0 saturated heterocycles. The molecule has 0 saturated carbocycles. The highest BCUT2D eigenvalue weighted by Crippen LogP contribution is 2.25. The van der Waals surface area contributed by atoms with Crippen LogP contribution in [0.1, 0.15) is 12.5 Å². The van der Waals surface area contributed by atoms with Gasteiger partial charge in [-0.3, -0.25) is 0 Å². The molecule has 0 aromatic heterocycles. The predicted octanol–water partition coefficient (Wildman–Crippen LogP) is 3.42. The van der Waals surface area contributed by atoms with Gasteiger partial charge < -0.3 is 5.11 Å². The van der Waals surface area contributed by atoms with Crippen LogP contribution >= 0.6 is 0 Å². The monoisotopic (exact) mass is 197 g/mol. The second-order valence-corrected chi connectivity index (χ2v) is 3.48. The van der Waals surface area contributed by atoms with E-state index < -0.39 is 0 Å². The van der Waals surface area contributed by atoms with E-state index in [0.29, 0.717) is 5.75 Å². The number of hydrogen-bond donors (Lipinski definition) is 1. The van der Waals surface area contributed by atoms with Crippen LogP contribution in [-0.4, -0.2) is 5.11 Å². The zero-order valence-electron chi connectivity index (χ0n) is 8.70. The number of rotatable bonds is 2. The minimum Gasteiger partial charge on any atom is -0.508 e. The van der Waals surface area contributed by atoms with E-state index in [1.807, 2.05) is 24.3 Å². The zero-order chi connectivity index (χ0) is 10.7. The Morgan fingerprint density at radius 3 is 2.53 bits per heavy atom. The van der Waals surface area contributed by atoms with E-state index in [4.69, 9.17) is 0 Å². The quantitative estimate of drug-likeness (QED) is 0.782. The van der Waals surface area contributed by atoms with Gasteiger partial charge in [-0.2, -0.15) is 0 Å². The number of phenolic OH excluding ortho intramolecular Hbond substituents is 1. The van der Waals surface area contributed by atoms with Gasteiger partial charge in [-0.05, 0) is 47.4 Å². The number of benzene rings is 2. The molecule has 0 aliphatic carbocycles. The molecule has 2 aromatic rings. The van der Waals surface area contributed by atoms with Gasteiger partial charge in [-0.25, -0.2) is 0 Å². The van der Waals surface area contributed by atoms with Crippen LogP contribution in [0.3, 0.4) is 0 Å². The highest BCUT2D eigenvalue weighted by molar-refractivity contribution is 5.67. The average molecular weight is 197 g/mol. The first-order valence-electron chi connectivity index (χ1n) is 5.09. The Bertz CT molecular complexity index is 443. The van der Waals surface area contributed by atoms with Gasteiger partial charge in [0.2, 0.25) is 0 Å². The normalized spacial score (nSPS) is 10.2. The third-order valence-corrected chi connectivity index (χ3v) is 2.51. The maximum absolute atomic E-state index is 9.22. The molecular formula is C14H13O. The van der Waals surface area contributed by atoms with Crippen molar-refractivity contribution in [3.8, 4) is 16.9 Å². The summed E-state index contributed by atoms with van der Waals surface area (Å²) in [5.74, 6) is 0.303. The van der Waals surface area contributed by atoms with Crippen molar-refractivity contribution in [1.29, 1.82) is 0 Å². The topological polar surface area (TPSA) is 20.2 Å². The maximum Gasteiger partial charge on any atom is 0.115 e. The van der Waals surface area contributed by atoms with Gasteiger partial charge in [-0.1, -0.05) is 31.2 Å². The minimum absolute atomic E-state index is 0.303. The van der Waals surface area contributed by atoms with Crippen LogP contribution in [0.2, 0.25) is 0 Å². The van der Waals surface area contributed by atoms with E-state index in [9.17, 15) is 5.11 Å². The fraction of sp³-hybridized carbons (Fsp3) is 0.143. The third kappa shape index (κ3) is 2.01.